The minimum absolute atomic E-state index is 0.208. The van der Waals surface area contributed by atoms with Gasteiger partial charge in [0.1, 0.15) is 0 Å². The lowest BCUT2D eigenvalue weighted by atomic mass is 9.91. The van der Waals surface area contributed by atoms with Gasteiger partial charge in [0.25, 0.3) is 0 Å². The van der Waals surface area contributed by atoms with Crippen LogP contribution in [-0.2, 0) is 4.79 Å². The second-order valence-corrected chi connectivity index (χ2v) is 4.31. The van der Waals surface area contributed by atoms with Crippen LogP contribution in [0.2, 0.25) is 0 Å². The Hall–Kier alpha value is -0.610. The molecule has 2 unspecified atom stereocenters. The van der Waals surface area contributed by atoms with E-state index >= 15 is 0 Å². The van der Waals surface area contributed by atoms with Crippen molar-refractivity contribution in [2.45, 2.75) is 32.2 Å². The summed E-state index contributed by atoms with van der Waals surface area (Å²) in [6.07, 6.45) is 3.47. The van der Waals surface area contributed by atoms with Crippen molar-refractivity contribution in [3.63, 3.8) is 0 Å². The summed E-state index contributed by atoms with van der Waals surface area (Å²) in [6, 6.07) is 0.208. The lowest BCUT2D eigenvalue weighted by Crippen LogP contribution is -2.49. The number of amides is 1. The number of carbonyl (C=O) groups excluding carboxylic acids is 1. The highest BCUT2D eigenvalue weighted by atomic mass is 16.1. The molecular weight excluding hydrogens is 178 g/mol. The Balaban J connectivity index is 2.41. The Morgan fingerprint density at radius 1 is 1.50 bits per heavy atom. The average molecular weight is 199 g/mol. The maximum atomic E-state index is 10.8. The van der Waals surface area contributed by atoms with Crippen LogP contribution in [0, 0.1) is 5.92 Å². The number of rotatable bonds is 4. The van der Waals surface area contributed by atoms with E-state index in [4.69, 9.17) is 11.5 Å². The first-order valence-corrected chi connectivity index (χ1v) is 5.38. The molecule has 0 saturated carbocycles. The van der Waals surface area contributed by atoms with E-state index in [0.717, 1.165) is 19.5 Å². The van der Waals surface area contributed by atoms with Crippen LogP contribution in [0.4, 0.5) is 0 Å². The van der Waals surface area contributed by atoms with Crippen molar-refractivity contribution < 1.29 is 4.79 Å². The Morgan fingerprint density at radius 2 is 2.21 bits per heavy atom. The standard InChI is InChI=1S/C10H21N3O/c1-2-3-8-4-9(11)6-13(5-8)7-10(12)14/h8-9H,2-7,11H2,1H3,(H2,12,14). The largest absolute Gasteiger partial charge is 0.369 e. The zero-order valence-corrected chi connectivity index (χ0v) is 8.91. The van der Waals surface area contributed by atoms with Crippen LogP contribution >= 0.6 is 0 Å². The molecule has 2 atom stereocenters. The van der Waals surface area contributed by atoms with Crippen molar-refractivity contribution in [1.82, 2.24) is 4.90 Å². The number of likely N-dealkylation sites (tertiary alicyclic amines) is 1. The number of primary amides is 1. The summed E-state index contributed by atoms with van der Waals surface area (Å²) in [5, 5.41) is 0. The summed E-state index contributed by atoms with van der Waals surface area (Å²) < 4.78 is 0. The van der Waals surface area contributed by atoms with Crippen molar-refractivity contribution in [2.24, 2.45) is 17.4 Å². The normalized spacial score (nSPS) is 29.0. The molecule has 1 fully saturated rings. The quantitative estimate of drug-likeness (QED) is 0.665. The zero-order valence-electron chi connectivity index (χ0n) is 8.91. The molecule has 4 N–H and O–H groups in total. The van der Waals surface area contributed by atoms with Gasteiger partial charge >= 0.3 is 0 Å². The monoisotopic (exact) mass is 199 g/mol. The van der Waals surface area contributed by atoms with Gasteiger partial charge in [0, 0.05) is 19.1 Å². The maximum absolute atomic E-state index is 10.8. The number of hydrogen-bond acceptors (Lipinski definition) is 3. The highest BCUT2D eigenvalue weighted by Crippen LogP contribution is 2.19. The first-order valence-electron chi connectivity index (χ1n) is 5.38. The molecule has 1 rings (SSSR count). The minimum atomic E-state index is -0.255. The molecular formula is C10H21N3O. The van der Waals surface area contributed by atoms with Gasteiger partial charge in [0.2, 0.25) is 5.91 Å². The van der Waals surface area contributed by atoms with Gasteiger partial charge in [0.05, 0.1) is 6.54 Å². The number of nitrogens with two attached hydrogens (primary N) is 2. The molecule has 0 aromatic rings. The van der Waals surface area contributed by atoms with Crippen molar-refractivity contribution in [2.75, 3.05) is 19.6 Å². The second-order valence-electron chi connectivity index (χ2n) is 4.31. The third kappa shape index (κ3) is 3.64. The zero-order chi connectivity index (χ0) is 10.6. The topological polar surface area (TPSA) is 72.3 Å². The van der Waals surface area contributed by atoms with E-state index in [0.29, 0.717) is 12.5 Å². The Morgan fingerprint density at radius 3 is 2.79 bits per heavy atom. The van der Waals surface area contributed by atoms with Gasteiger partial charge in [-0.2, -0.15) is 0 Å². The number of hydrogen-bond donors (Lipinski definition) is 2. The smallest absolute Gasteiger partial charge is 0.231 e. The van der Waals surface area contributed by atoms with Crippen LogP contribution in [0.5, 0.6) is 0 Å². The van der Waals surface area contributed by atoms with Gasteiger partial charge in [-0.1, -0.05) is 13.3 Å². The lowest BCUT2D eigenvalue weighted by Gasteiger charge is -2.35. The Bertz CT molecular complexity index is 196. The molecule has 0 aromatic heterocycles. The van der Waals surface area contributed by atoms with Gasteiger partial charge < -0.3 is 11.5 Å². The van der Waals surface area contributed by atoms with Crippen LogP contribution in [0.25, 0.3) is 0 Å². The summed E-state index contributed by atoms with van der Waals surface area (Å²) >= 11 is 0. The van der Waals surface area contributed by atoms with Gasteiger partial charge in [-0.05, 0) is 18.8 Å². The molecule has 1 amide bonds. The Kier molecular flexibility index (Phi) is 4.35. The fourth-order valence-corrected chi connectivity index (χ4v) is 2.32. The predicted octanol–water partition coefficient (Wildman–Crippen LogP) is -0.0790. The van der Waals surface area contributed by atoms with Gasteiger partial charge in [-0.25, -0.2) is 0 Å². The summed E-state index contributed by atoms with van der Waals surface area (Å²) in [6.45, 7) is 4.32. The first-order chi connectivity index (χ1) is 6.61. The van der Waals surface area contributed by atoms with E-state index in [2.05, 4.69) is 11.8 Å². The fourth-order valence-electron chi connectivity index (χ4n) is 2.32. The molecule has 4 heteroatoms. The predicted molar refractivity (Wildman–Crippen MR) is 56.6 cm³/mol. The Labute approximate surface area is 85.6 Å². The summed E-state index contributed by atoms with van der Waals surface area (Å²) in [7, 11) is 0. The molecule has 82 valence electrons. The lowest BCUT2D eigenvalue weighted by molar-refractivity contribution is -0.119. The SMILES string of the molecule is CCCC1CC(N)CN(CC(N)=O)C1. The minimum Gasteiger partial charge on any atom is -0.369 e. The molecule has 14 heavy (non-hydrogen) atoms. The van der Waals surface area contributed by atoms with E-state index in [1.54, 1.807) is 0 Å². The first kappa shape index (κ1) is 11.5. The van der Waals surface area contributed by atoms with E-state index in [9.17, 15) is 4.79 Å². The number of piperidine rings is 1. The molecule has 4 nitrogen and oxygen atoms in total. The van der Waals surface area contributed by atoms with Crippen LogP contribution in [0.3, 0.4) is 0 Å². The molecule has 1 saturated heterocycles. The highest BCUT2D eigenvalue weighted by molar-refractivity contribution is 5.75. The summed E-state index contributed by atoms with van der Waals surface area (Å²) in [4.78, 5) is 12.9. The molecule has 0 aromatic carbocycles. The molecule has 1 aliphatic rings. The third-order valence-electron chi connectivity index (χ3n) is 2.72. The molecule has 1 aliphatic heterocycles. The van der Waals surface area contributed by atoms with Crippen LogP contribution in [0.1, 0.15) is 26.2 Å². The van der Waals surface area contributed by atoms with Gasteiger partial charge in [-0.3, -0.25) is 9.69 Å². The van der Waals surface area contributed by atoms with Crippen molar-refractivity contribution in [3.8, 4) is 0 Å². The van der Waals surface area contributed by atoms with E-state index < -0.39 is 0 Å². The molecule has 0 aliphatic carbocycles. The van der Waals surface area contributed by atoms with Crippen molar-refractivity contribution in [3.05, 3.63) is 0 Å². The van der Waals surface area contributed by atoms with Crippen LogP contribution < -0.4 is 11.5 Å². The van der Waals surface area contributed by atoms with E-state index in [1.165, 1.54) is 12.8 Å². The van der Waals surface area contributed by atoms with E-state index in [1.807, 2.05) is 0 Å². The van der Waals surface area contributed by atoms with Gasteiger partial charge in [0.15, 0.2) is 0 Å². The van der Waals surface area contributed by atoms with Crippen LogP contribution in [0.15, 0.2) is 0 Å². The van der Waals surface area contributed by atoms with Crippen molar-refractivity contribution >= 4 is 5.91 Å². The highest BCUT2D eigenvalue weighted by Gasteiger charge is 2.24. The second kappa shape index (κ2) is 5.32. The maximum Gasteiger partial charge on any atom is 0.231 e. The fraction of sp³-hybridized carbons (Fsp3) is 0.900. The number of nitrogens with zero attached hydrogens (tertiary/aromatic N) is 1. The summed E-state index contributed by atoms with van der Waals surface area (Å²) in [5.41, 5.74) is 11.1. The van der Waals surface area contributed by atoms with Gasteiger partial charge in [-0.15, -0.1) is 0 Å². The van der Waals surface area contributed by atoms with Crippen LogP contribution in [-0.4, -0.2) is 36.5 Å². The molecule has 0 bridgehead atoms. The van der Waals surface area contributed by atoms with E-state index in [-0.39, 0.29) is 11.9 Å². The van der Waals surface area contributed by atoms with Crippen molar-refractivity contribution in [1.29, 1.82) is 0 Å². The average Bonchev–Trinajstić information content (AvgIpc) is 2.01. The number of carbonyl (C=O) groups is 1. The molecule has 0 radical (unpaired) electrons. The summed E-state index contributed by atoms with van der Waals surface area (Å²) in [5.74, 6) is 0.387. The molecule has 1 heterocycles. The molecule has 0 spiro atoms. The third-order valence-corrected chi connectivity index (χ3v) is 2.72.